The minimum atomic E-state index is -0.538. The first-order chi connectivity index (χ1) is 12.1. The molecule has 0 aliphatic heterocycles. The first kappa shape index (κ1) is 18.4. The summed E-state index contributed by atoms with van der Waals surface area (Å²) in [4.78, 5) is 10.1. The summed E-state index contributed by atoms with van der Waals surface area (Å²) < 4.78 is 0. The molecule has 2 aliphatic rings. The Labute approximate surface area is 155 Å². The van der Waals surface area contributed by atoms with E-state index in [2.05, 4.69) is 52.0 Å². The quantitative estimate of drug-likeness (QED) is 0.549. The maximum absolute atomic E-state index is 10.7. The molecule has 0 fully saturated rings. The molecule has 4 rings (SSSR count). The highest BCUT2D eigenvalue weighted by Crippen LogP contribution is 2.43. The van der Waals surface area contributed by atoms with Crippen LogP contribution in [-0.2, 0) is 23.7 Å². The summed E-state index contributed by atoms with van der Waals surface area (Å²) in [5.74, 6) is -0.226. The van der Waals surface area contributed by atoms with Crippen molar-refractivity contribution in [3.05, 3.63) is 68.8 Å². The Morgan fingerprint density at radius 3 is 2.12 bits per heavy atom. The maximum atomic E-state index is 10.7. The van der Waals surface area contributed by atoms with Gasteiger partial charge in [-0.25, -0.2) is 0 Å². The van der Waals surface area contributed by atoms with Crippen LogP contribution in [-0.4, -0.2) is 10.0 Å². The first-order valence-electron chi connectivity index (χ1n) is 9.21. The van der Waals surface area contributed by atoms with Crippen LogP contribution in [0.5, 0.6) is 5.75 Å². The molecule has 138 valence electrons. The van der Waals surface area contributed by atoms with Gasteiger partial charge in [0.2, 0.25) is 0 Å². The van der Waals surface area contributed by atoms with Gasteiger partial charge in [0.05, 0.1) is 4.92 Å². The molecule has 0 atom stereocenters. The highest BCUT2D eigenvalue weighted by Gasteiger charge is 2.33. The number of phenolic OH excluding ortho intramolecular Hbond substituents is 1. The average Bonchev–Trinajstić information content (AvgIpc) is 3.04. The Morgan fingerprint density at radius 1 is 0.923 bits per heavy atom. The van der Waals surface area contributed by atoms with Crippen molar-refractivity contribution >= 4 is 5.69 Å². The molecular formula is C22H27NO3. The van der Waals surface area contributed by atoms with Crippen LogP contribution in [0.15, 0.2) is 36.4 Å². The van der Waals surface area contributed by atoms with Crippen LogP contribution in [0.25, 0.3) is 0 Å². The molecule has 0 saturated heterocycles. The third-order valence-corrected chi connectivity index (χ3v) is 5.91. The molecule has 2 aliphatic carbocycles. The van der Waals surface area contributed by atoms with Crippen LogP contribution in [0.2, 0.25) is 0 Å². The van der Waals surface area contributed by atoms with E-state index in [0.717, 1.165) is 24.0 Å². The number of benzene rings is 2. The zero-order valence-electron chi connectivity index (χ0n) is 16.0. The van der Waals surface area contributed by atoms with Gasteiger partial charge >= 0.3 is 5.69 Å². The lowest BCUT2D eigenvalue weighted by atomic mass is 9.86. The largest absolute Gasteiger partial charge is 0.502 e. The van der Waals surface area contributed by atoms with E-state index in [1.807, 2.05) is 0 Å². The fourth-order valence-corrected chi connectivity index (χ4v) is 4.17. The molecule has 1 N–H and O–H groups in total. The molecule has 0 radical (unpaired) electrons. The van der Waals surface area contributed by atoms with Crippen LogP contribution < -0.4 is 0 Å². The second-order valence-corrected chi connectivity index (χ2v) is 8.68. The topological polar surface area (TPSA) is 63.4 Å². The SMILES string of the molecule is CC1(C)CCc2cc(O)c([N+](=O)[O-])cc21.CC1(C)CCc2ccccc21. The van der Waals surface area contributed by atoms with Gasteiger partial charge in [-0.2, -0.15) is 0 Å². The van der Waals surface area contributed by atoms with Crippen molar-refractivity contribution < 1.29 is 10.0 Å². The summed E-state index contributed by atoms with van der Waals surface area (Å²) in [6, 6.07) is 11.8. The van der Waals surface area contributed by atoms with Gasteiger partial charge in [0.15, 0.2) is 5.75 Å². The van der Waals surface area contributed by atoms with E-state index in [1.54, 1.807) is 11.1 Å². The summed E-state index contributed by atoms with van der Waals surface area (Å²) in [6.07, 6.45) is 4.44. The van der Waals surface area contributed by atoms with Gasteiger partial charge < -0.3 is 5.11 Å². The molecule has 26 heavy (non-hydrogen) atoms. The average molecular weight is 353 g/mol. The first-order valence-corrected chi connectivity index (χ1v) is 9.21. The van der Waals surface area contributed by atoms with Crippen molar-refractivity contribution in [1.29, 1.82) is 0 Å². The number of phenols is 1. The molecule has 0 bridgehead atoms. The van der Waals surface area contributed by atoms with E-state index < -0.39 is 4.92 Å². The van der Waals surface area contributed by atoms with Crippen LogP contribution in [0.4, 0.5) is 5.69 Å². The van der Waals surface area contributed by atoms with Crippen LogP contribution in [0.1, 0.15) is 62.8 Å². The van der Waals surface area contributed by atoms with Crippen molar-refractivity contribution in [2.45, 2.75) is 64.2 Å². The van der Waals surface area contributed by atoms with Crippen LogP contribution in [0, 0.1) is 10.1 Å². The van der Waals surface area contributed by atoms with Gasteiger partial charge in [-0.1, -0.05) is 52.0 Å². The molecule has 0 unspecified atom stereocenters. The molecule has 0 aromatic heterocycles. The number of nitro benzene ring substituents is 1. The van der Waals surface area contributed by atoms with E-state index in [9.17, 15) is 15.2 Å². The fraction of sp³-hybridized carbons (Fsp3) is 0.455. The normalized spacial score (nSPS) is 18.5. The Bertz CT molecular complexity index is 852. The number of nitrogens with zero attached hydrogens (tertiary/aromatic N) is 1. The van der Waals surface area contributed by atoms with Crippen molar-refractivity contribution in [2.24, 2.45) is 0 Å². The van der Waals surface area contributed by atoms with E-state index in [-0.39, 0.29) is 16.9 Å². The summed E-state index contributed by atoms with van der Waals surface area (Å²) >= 11 is 0. The fourth-order valence-electron chi connectivity index (χ4n) is 4.17. The Kier molecular flexibility index (Phi) is 4.55. The smallest absolute Gasteiger partial charge is 0.311 e. The summed E-state index contributed by atoms with van der Waals surface area (Å²) in [6.45, 7) is 8.80. The summed E-state index contributed by atoms with van der Waals surface area (Å²) in [7, 11) is 0. The molecule has 0 heterocycles. The Balaban J connectivity index is 0.000000158. The van der Waals surface area contributed by atoms with Gasteiger partial charge in [-0.05, 0) is 64.8 Å². The predicted octanol–water partition coefficient (Wildman–Crippen LogP) is 5.43. The van der Waals surface area contributed by atoms with E-state index in [1.165, 1.54) is 25.0 Å². The lowest BCUT2D eigenvalue weighted by Gasteiger charge is -2.18. The zero-order chi connectivity index (χ0) is 19.1. The molecule has 2 aromatic rings. The lowest BCUT2D eigenvalue weighted by molar-refractivity contribution is -0.386. The van der Waals surface area contributed by atoms with Crippen LogP contribution in [0.3, 0.4) is 0 Å². The highest BCUT2D eigenvalue weighted by molar-refractivity contribution is 5.55. The molecule has 4 nitrogen and oxygen atoms in total. The second-order valence-electron chi connectivity index (χ2n) is 8.68. The Morgan fingerprint density at radius 2 is 1.50 bits per heavy atom. The van der Waals surface area contributed by atoms with Gasteiger partial charge in [0.25, 0.3) is 0 Å². The molecule has 2 aromatic carbocycles. The standard InChI is InChI=1S/C11H13NO3.C11H14/c1-11(2)4-3-7-5-10(13)9(12(14)15)6-8(7)11;1-11(2)8-7-9-5-3-4-6-10(9)11/h5-6,13H,3-4H2,1-2H3;3-6H,7-8H2,1-2H3. The molecule has 0 amide bonds. The molecule has 4 heteroatoms. The number of hydrogen-bond donors (Lipinski definition) is 1. The van der Waals surface area contributed by atoms with Crippen molar-refractivity contribution in [1.82, 2.24) is 0 Å². The number of nitro groups is 1. The minimum Gasteiger partial charge on any atom is -0.502 e. The molecular weight excluding hydrogens is 326 g/mol. The van der Waals surface area contributed by atoms with Gasteiger partial charge in [-0.15, -0.1) is 0 Å². The van der Waals surface area contributed by atoms with Crippen molar-refractivity contribution in [2.75, 3.05) is 0 Å². The number of hydrogen-bond acceptors (Lipinski definition) is 3. The third kappa shape index (κ3) is 3.33. The lowest BCUT2D eigenvalue weighted by Crippen LogP contribution is -2.12. The van der Waals surface area contributed by atoms with Crippen molar-refractivity contribution in [3.8, 4) is 5.75 Å². The predicted molar refractivity (Wildman–Crippen MR) is 104 cm³/mol. The summed E-state index contributed by atoms with van der Waals surface area (Å²) in [5.41, 5.74) is 5.35. The van der Waals surface area contributed by atoms with Gasteiger partial charge in [0, 0.05) is 6.07 Å². The highest BCUT2D eigenvalue weighted by atomic mass is 16.6. The zero-order valence-corrected chi connectivity index (χ0v) is 16.0. The number of aryl methyl sites for hydroxylation is 2. The Hall–Kier alpha value is -2.36. The van der Waals surface area contributed by atoms with Gasteiger partial charge in [0.1, 0.15) is 0 Å². The maximum Gasteiger partial charge on any atom is 0.311 e. The third-order valence-electron chi connectivity index (χ3n) is 5.91. The number of aromatic hydroxyl groups is 1. The summed E-state index contributed by atoms with van der Waals surface area (Å²) in [5, 5.41) is 20.2. The van der Waals surface area contributed by atoms with E-state index >= 15 is 0 Å². The van der Waals surface area contributed by atoms with E-state index in [4.69, 9.17) is 0 Å². The second kappa shape index (κ2) is 6.42. The monoisotopic (exact) mass is 353 g/mol. The van der Waals surface area contributed by atoms with Crippen molar-refractivity contribution in [3.63, 3.8) is 0 Å². The number of rotatable bonds is 1. The molecule has 0 spiro atoms. The number of fused-ring (bicyclic) bond motifs is 2. The van der Waals surface area contributed by atoms with Gasteiger partial charge in [-0.3, -0.25) is 10.1 Å². The minimum absolute atomic E-state index is 0.0200. The van der Waals surface area contributed by atoms with Crippen LogP contribution >= 0.6 is 0 Å². The molecule has 0 saturated carbocycles. The van der Waals surface area contributed by atoms with E-state index in [0.29, 0.717) is 5.41 Å².